The Balaban J connectivity index is 1.13. The van der Waals surface area contributed by atoms with E-state index in [1.807, 2.05) is 12.1 Å². The van der Waals surface area contributed by atoms with Crippen LogP contribution in [0.25, 0.3) is 110 Å². The summed E-state index contributed by atoms with van der Waals surface area (Å²) in [6, 6.07) is 71.2. The Bertz CT molecular complexity index is 3640. The van der Waals surface area contributed by atoms with Crippen molar-refractivity contribution in [2.45, 2.75) is 0 Å². The highest BCUT2D eigenvalue weighted by molar-refractivity contribution is 6.22. The van der Waals surface area contributed by atoms with Crippen LogP contribution in [0, 0.1) is 0 Å². The summed E-state index contributed by atoms with van der Waals surface area (Å²) >= 11 is 0. The summed E-state index contributed by atoms with van der Waals surface area (Å²) < 4.78 is 10.3. The fourth-order valence-corrected chi connectivity index (χ4v) is 9.33. The van der Waals surface area contributed by atoms with Crippen molar-refractivity contribution in [3.63, 3.8) is 0 Å². The van der Waals surface area contributed by atoms with Crippen LogP contribution in [0.5, 0.6) is 5.75 Å². The summed E-state index contributed by atoms with van der Waals surface area (Å²) in [7, 11) is 1.70. The Morgan fingerprint density at radius 3 is 1.70 bits per heavy atom. The Morgan fingerprint density at radius 2 is 0.983 bits per heavy atom. The Morgan fingerprint density at radius 1 is 0.400 bits per heavy atom. The molecule has 0 bridgehead atoms. The maximum Gasteiger partial charge on any atom is 0.162 e. The van der Waals surface area contributed by atoms with E-state index in [4.69, 9.17) is 14.7 Å². The Labute approximate surface area is 346 Å². The molecule has 0 atom stereocenters. The molecule has 0 saturated carbocycles. The normalized spacial score (nSPS) is 11.8. The van der Waals surface area contributed by atoms with Gasteiger partial charge in [-0.3, -0.25) is 4.57 Å². The maximum atomic E-state index is 5.52. The van der Waals surface area contributed by atoms with E-state index in [1.165, 1.54) is 43.7 Å². The third kappa shape index (κ3) is 5.19. The molecule has 5 nitrogen and oxygen atoms in total. The molecule has 9 aromatic carbocycles. The minimum absolute atomic E-state index is 0.673. The molecule has 0 N–H and O–H groups in total. The van der Waals surface area contributed by atoms with Crippen LogP contribution in [-0.2, 0) is 0 Å². The quantitative estimate of drug-likeness (QED) is 0.158. The topological polar surface area (TPSA) is 44.9 Å². The third-order valence-electron chi connectivity index (χ3n) is 12.0. The number of aromatic nitrogens is 4. The van der Waals surface area contributed by atoms with Crippen LogP contribution in [-0.4, -0.2) is 26.2 Å². The number of benzene rings is 9. The van der Waals surface area contributed by atoms with Crippen molar-refractivity contribution in [3.05, 3.63) is 200 Å². The largest absolute Gasteiger partial charge is 0.497 e. The highest BCUT2D eigenvalue weighted by atomic mass is 16.5. The van der Waals surface area contributed by atoms with Crippen LogP contribution < -0.4 is 4.74 Å². The Hall–Kier alpha value is -8.02. The second kappa shape index (κ2) is 13.5. The zero-order valence-corrected chi connectivity index (χ0v) is 32.7. The van der Waals surface area contributed by atoms with Crippen LogP contribution >= 0.6 is 0 Å². The van der Waals surface area contributed by atoms with E-state index in [0.29, 0.717) is 5.82 Å². The average Bonchev–Trinajstić information content (AvgIpc) is 3.85. The van der Waals surface area contributed by atoms with Crippen molar-refractivity contribution in [3.8, 4) is 50.9 Å². The van der Waals surface area contributed by atoms with Gasteiger partial charge in [0, 0.05) is 43.6 Å². The lowest BCUT2D eigenvalue weighted by atomic mass is 9.95. The molecule has 3 aromatic heterocycles. The summed E-state index contributed by atoms with van der Waals surface area (Å²) in [5.74, 6) is 2.35. The predicted molar refractivity (Wildman–Crippen MR) is 249 cm³/mol. The molecule has 0 unspecified atom stereocenters. The zero-order valence-electron chi connectivity index (χ0n) is 32.7. The molecular formula is C55H36N4O. The number of para-hydroxylation sites is 3. The molecule has 0 aliphatic heterocycles. The molecule has 0 radical (unpaired) electrons. The van der Waals surface area contributed by atoms with Gasteiger partial charge in [0.25, 0.3) is 0 Å². The van der Waals surface area contributed by atoms with Gasteiger partial charge in [0.2, 0.25) is 0 Å². The van der Waals surface area contributed by atoms with Crippen LogP contribution in [0.1, 0.15) is 0 Å². The van der Waals surface area contributed by atoms with Crippen molar-refractivity contribution < 1.29 is 4.74 Å². The van der Waals surface area contributed by atoms with E-state index >= 15 is 0 Å². The van der Waals surface area contributed by atoms with Crippen LogP contribution in [0.15, 0.2) is 200 Å². The van der Waals surface area contributed by atoms with E-state index in [-0.39, 0.29) is 0 Å². The maximum absolute atomic E-state index is 5.52. The SMILES string of the molecule is COc1cccc(-c2ccc(-c3nc(-n4c5ccccc5c5c(-c6cccc7c6c6ccccc6n7-c6ccccc6)cccc54)c4ccc5ccccc5c4n3)cc2)c1. The number of hydrogen-bond donors (Lipinski definition) is 0. The molecule has 0 saturated heterocycles. The predicted octanol–water partition coefficient (Wildman–Crippen LogP) is 14.0. The molecule has 12 aromatic rings. The monoisotopic (exact) mass is 768 g/mol. The van der Waals surface area contributed by atoms with Gasteiger partial charge in [0.15, 0.2) is 5.82 Å². The van der Waals surface area contributed by atoms with Gasteiger partial charge in [-0.2, -0.15) is 0 Å². The highest BCUT2D eigenvalue weighted by Crippen LogP contribution is 2.44. The Kier molecular flexibility index (Phi) is 7.69. The highest BCUT2D eigenvalue weighted by Gasteiger charge is 2.23. The van der Waals surface area contributed by atoms with Crippen molar-refractivity contribution in [2.75, 3.05) is 7.11 Å². The second-order valence-corrected chi connectivity index (χ2v) is 15.3. The zero-order chi connectivity index (χ0) is 39.7. The summed E-state index contributed by atoms with van der Waals surface area (Å²) in [6.45, 7) is 0. The van der Waals surface area contributed by atoms with Gasteiger partial charge in [0.05, 0.1) is 34.7 Å². The molecule has 0 aliphatic carbocycles. The number of methoxy groups -OCH3 is 1. The molecule has 12 rings (SSSR count). The first-order chi connectivity index (χ1) is 29.7. The minimum Gasteiger partial charge on any atom is -0.497 e. The standard InChI is InChI=1S/C55H36N4O/c1-60-40-18-11-15-38(34-40)35-28-30-37(31-29-35)54-56-53-41-19-6-5-14-36(41)32-33-46(53)55(57-54)59-48-25-10-8-21-45(48)52-43(23-13-27-50(52)59)42-22-12-26-49-51(42)44-20-7-9-24-47(44)58(49)39-16-3-2-4-17-39/h2-34H,1H3. The van der Waals surface area contributed by atoms with Gasteiger partial charge in [0.1, 0.15) is 11.6 Å². The molecule has 0 spiro atoms. The number of fused-ring (bicyclic) bond motifs is 9. The molecule has 0 amide bonds. The first-order valence-corrected chi connectivity index (χ1v) is 20.3. The van der Waals surface area contributed by atoms with E-state index in [0.717, 1.165) is 66.7 Å². The fraction of sp³-hybridized carbons (Fsp3) is 0.0182. The van der Waals surface area contributed by atoms with Gasteiger partial charge in [-0.15, -0.1) is 0 Å². The van der Waals surface area contributed by atoms with E-state index < -0.39 is 0 Å². The lowest BCUT2D eigenvalue weighted by molar-refractivity contribution is 0.415. The number of ether oxygens (including phenoxy) is 1. The fourth-order valence-electron chi connectivity index (χ4n) is 9.33. The molecular weight excluding hydrogens is 733 g/mol. The first kappa shape index (κ1) is 34.1. The molecule has 60 heavy (non-hydrogen) atoms. The van der Waals surface area contributed by atoms with E-state index in [9.17, 15) is 0 Å². The van der Waals surface area contributed by atoms with Crippen molar-refractivity contribution in [2.24, 2.45) is 0 Å². The summed E-state index contributed by atoms with van der Waals surface area (Å²) in [6.07, 6.45) is 0. The third-order valence-corrected chi connectivity index (χ3v) is 12.0. The van der Waals surface area contributed by atoms with Crippen molar-refractivity contribution in [1.29, 1.82) is 0 Å². The van der Waals surface area contributed by atoms with Crippen molar-refractivity contribution >= 4 is 65.3 Å². The number of hydrogen-bond acceptors (Lipinski definition) is 3. The molecule has 0 fully saturated rings. The lowest BCUT2D eigenvalue weighted by Gasteiger charge is -2.14. The number of nitrogens with zero attached hydrogens (tertiary/aromatic N) is 4. The van der Waals surface area contributed by atoms with E-state index in [1.54, 1.807) is 7.11 Å². The van der Waals surface area contributed by atoms with Crippen LogP contribution in [0.4, 0.5) is 0 Å². The minimum atomic E-state index is 0.673. The second-order valence-electron chi connectivity index (χ2n) is 15.3. The van der Waals surface area contributed by atoms with Gasteiger partial charge in [-0.25, -0.2) is 9.97 Å². The summed E-state index contributed by atoms with van der Waals surface area (Å²) in [5.41, 5.74) is 12.1. The van der Waals surface area contributed by atoms with Crippen LogP contribution in [0.3, 0.4) is 0 Å². The molecule has 0 aliphatic rings. The number of rotatable bonds is 6. The molecule has 5 heteroatoms. The average molecular weight is 769 g/mol. The first-order valence-electron chi connectivity index (χ1n) is 20.3. The van der Waals surface area contributed by atoms with Crippen molar-refractivity contribution in [1.82, 2.24) is 19.1 Å². The van der Waals surface area contributed by atoms with Gasteiger partial charge in [-0.1, -0.05) is 146 Å². The lowest BCUT2D eigenvalue weighted by Crippen LogP contribution is -2.03. The molecule has 3 heterocycles. The summed E-state index contributed by atoms with van der Waals surface area (Å²) in [5, 5.41) is 8.05. The van der Waals surface area contributed by atoms with Crippen LogP contribution in [0.2, 0.25) is 0 Å². The summed E-state index contributed by atoms with van der Waals surface area (Å²) in [4.78, 5) is 10.9. The van der Waals surface area contributed by atoms with Gasteiger partial charge >= 0.3 is 0 Å². The van der Waals surface area contributed by atoms with E-state index in [2.05, 4.69) is 197 Å². The smallest absolute Gasteiger partial charge is 0.162 e. The molecule has 282 valence electrons. The van der Waals surface area contributed by atoms with Gasteiger partial charge in [-0.05, 0) is 82.2 Å². The van der Waals surface area contributed by atoms with Gasteiger partial charge < -0.3 is 9.30 Å².